The number of hydrogen-bond acceptors (Lipinski definition) is 4. The molecule has 1 aromatic rings. The number of benzene rings is 1. The molecule has 0 unspecified atom stereocenters. The summed E-state index contributed by atoms with van der Waals surface area (Å²) in [6.45, 7) is 1.01. The molecule has 17 heavy (non-hydrogen) atoms. The minimum atomic E-state index is -1.02. The average Bonchev–Trinajstić information content (AvgIpc) is 2.29. The van der Waals surface area contributed by atoms with Crippen LogP contribution in [-0.4, -0.2) is 30.3 Å². The molecule has 0 spiro atoms. The van der Waals surface area contributed by atoms with Crippen molar-refractivity contribution in [3.8, 4) is 11.5 Å². The van der Waals surface area contributed by atoms with Crippen LogP contribution in [0.25, 0.3) is 0 Å². The Labute approximate surface area is 107 Å². The Morgan fingerprint density at radius 2 is 2.18 bits per heavy atom. The molecular weight excluding hydrogens is 290 g/mol. The Morgan fingerprint density at radius 3 is 2.88 bits per heavy atom. The molecule has 0 fully saturated rings. The lowest BCUT2D eigenvalue weighted by molar-refractivity contribution is -0.138. The average molecular weight is 302 g/mol. The third kappa shape index (κ3) is 2.70. The number of carboxylic acids is 1. The van der Waals surface area contributed by atoms with E-state index in [9.17, 15) is 4.79 Å². The fraction of sp³-hybridized carbons (Fsp3) is 0.364. The number of halogens is 1. The number of ether oxygens (including phenoxy) is 2. The molecule has 3 N–H and O–H groups in total. The van der Waals surface area contributed by atoms with Gasteiger partial charge in [0.15, 0.2) is 11.5 Å². The molecule has 1 aliphatic rings. The Balaban J connectivity index is 2.25. The number of rotatable bonds is 3. The molecule has 1 aliphatic heterocycles. The second-order valence-electron chi connectivity index (χ2n) is 3.75. The van der Waals surface area contributed by atoms with Gasteiger partial charge < -0.3 is 20.3 Å². The molecular formula is C11H12BrNO4. The van der Waals surface area contributed by atoms with Crippen molar-refractivity contribution in [3.63, 3.8) is 0 Å². The predicted molar refractivity (Wildman–Crippen MR) is 64.4 cm³/mol. The Bertz CT molecular complexity index is 449. The highest BCUT2D eigenvalue weighted by molar-refractivity contribution is 9.10. The number of fused-ring (bicyclic) bond motifs is 1. The monoisotopic (exact) mass is 301 g/mol. The van der Waals surface area contributed by atoms with E-state index in [-0.39, 0.29) is 6.42 Å². The van der Waals surface area contributed by atoms with Gasteiger partial charge in [-0.05, 0) is 40.0 Å². The van der Waals surface area contributed by atoms with Gasteiger partial charge in [-0.2, -0.15) is 0 Å². The fourth-order valence-electron chi connectivity index (χ4n) is 1.62. The fourth-order valence-corrected chi connectivity index (χ4v) is 2.23. The molecule has 1 aromatic carbocycles. The molecule has 0 saturated carbocycles. The smallest absolute Gasteiger partial charge is 0.320 e. The summed E-state index contributed by atoms with van der Waals surface area (Å²) in [4.78, 5) is 10.7. The Hall–Kier alpha value is -1.27. The Morgan fingerprint density at radius 1 is 1.47 bits per heavy atom. The van der Waals surface area contributed by atoms with Crippen molar-refractivity contribution in [3.05, 3.63) is 22.2 Å². The van der Waals surface area contributed by atoms with Crippen LogP contribution in [-0.2, 0) is 11.2 Å². The van der Waals surface area contributed by atoms with Crippen LogP contribution in [0.3, 0.4) is 0 Å². The van der Waals surface area contributed by atoms with E-state index in [4.69, 9.17) is 20.3 Å². The number of nitrogens with two attached hydrogens (primary N) is 1. The van der Waals surface area contributed by atoms with Crippen molar-refractivity contribution >= 4 is 21.9 Å². The van der Waals surface area contributed by atoms with Crippen LogP contribution in [0, 0.1) is 0 Å². The summed E-state index contributed by atoms with van der Waals surface area (Å²) < 4.78 is 11.6. The third-order valence-electron chi connectivity index (χ3n) is 2.43. The van der Waals surface area contributed by atoms with Crippen LogP contribution >= 0.6 is 15.9 Å². The quantitative estimate of drug-likeness (QED) is 0.876. The first-order valence-electron chi connectivity index (χ1n) is 5.14. The van der Waals surface area contributed by atoms with Gasteiger partial charge in [-0.3, -0.25) is 4.79 Å². The van der Waals surface area contributed by atoms with E-state index in [0.29, 0.717) is 24.7 Å². The zero-order valence-corrected chi connectivity index (χ0v) is 10.6. The second kappa shape index (κ2) is 4.93. The van der Waals surface area contributed by atoms with Crippen LogP contribution in [0.5, 0.6) is 11.5 Å². The molecule has 5 nitrogen and oxygen atoms in total. The molecule has 6 heteroatoms. The molecule has 1 atom stereocenters. The van der Waals surface area contributed by atoms with Crippen molar-refractivity contribution in [2.75, 3.05) is 13.2 Å². The van der Waals surface area contributed by atoms with Gasteiger partial charge in [0.25, 0.3) is 0 Å². The summed E-state index contributed by atoms with van der Waals surface area (Å²) in [5.41, 5.74) is 6.29. The van der Waals surface area contributed by atoms with Gasteiger partial charge in [0.2, 0.25) is 0 Å². The lowest BCUT2D eigenvalue weighted by Crippen LogP contribution is -2.32. The topological polar surface area (TPSA) is 81.8 Å². The normalized spacial score (nSPS) is 15.4. The van der Waals surface area contributed by atoms with Crippen molar-refractivity contribution in [1.29, 1.82) is 0 Å². The van der Waals surface area contributed by atoms with E-state index in [0.717, 1.165) is 10.0 Å². The summed E-state index contributed by atoms with van der Waals surface area (Å²) in [6, 6.07) is 2.66. The molecule has 0 bridgehead atoms. The maximum Gasteiger partial charge on any atom is 0.320 e. The molecule has 1 heterocycles. The molecule has 0 amide bonds. The van der Waals surface area contributed by atoms with E-state index < -0.39 is 12.0 Å². The lowest BCUT2D eigenvalue weighted by atomic mass is 10.1. The third-order valence-corrected chi connectivity index (χ3v) is 3.02. The van der Waals surface area contributed by atoms with Crippen molar-refractivity contribution < 1.29 is 19.4 Å². The molecule has 0 aromatic heterocycles. The van der Waals surface area contributed by atoms with Crippen LogP contribution in [0.15, 0.2) is 16.6 Å². The van der Waals surface area contributed by atoms with Crippen LogP contribution in [0.2, 0.25) is 0 Å². The maximum atomic E-state index is 10.7. The van der Waals surface area contributed by atoms with Gasteiger partial charge in [-0.15, -0.1) is 0 Å². The Kier molecular flexibility index (Phi) is 3.54. The summed E-state index contributed by atoms with van der Waals surface area (Å²) >= 11 is 3.37. The SMILES string of the molecule is N[C@@H](Cc1cc(Br)c2c(c1)OCCO2)C(=O)O. The van der Waals surface area contributed by atoms with Gasteiger partial charge in [0.1, 0.15) is 19.3 Å². The number of carbonyl (C=O) groups is 1. The largest absolute Gasteiger partial charge is 0.486 e. The van der Waals surface area contributed by atoms with Gasteiger partial charge >= 0.3 is 5.97 Å². The standard InChI is InChI=1S/C11H12BrNO4/c12-7-3-6(4-8(13)11(14)15)5-9-10(7)17-2-1-16-9/h3,5,8H,1-2,4,13H2,(H,14,15)/t8-/m0/s1. The minimum absolute atomic E-state index is 0.255. The summed E-state index contributed by atoms with van der Waals surface area (Å²) in [5, 5.41) is 8.76. The molecule has 2 rings (SSSR count). The minimum Gasteiger partial charge on any atom is -0.486 e. The van der Waals surface area contributed by atoms with Gasteiger partial charge in [0, 0.05) is 0 Å². The maximum absolute atomic E-state index is 10.7. The van der Waals surface area contributed by atoms with E-state index >= 15 is 0 Å². The highest BCUT2D eigenvalue weighted by atomic mass is 79.9. The molecule has 0 radical (unpaired) electrons. The number of aliphatic carboxylic acids is 1. The zero-order valence-electron chi connectivity index (χ0n) is 8.98. The van der Waals surface area contributed by atoms with E-state index in [2.05, 4.69) is 15.9 Å². The predicted octanol–water partition coefficient (Wildman–Crippen LogP) is 1.17. The van der Waals surface area contributed by atoms with Gasteiger partial charge in [-0.25, -0.2) is 0 Å². The number of hydrogen-bond donors (Lipinski definition) is 2. The van der Waals surface area contributed by atoms with E-state index in [1.165, 1.54) is 0 Å². The second-order valence-corrected chi connectivity index (χ2v) is 4.61. The summed E-state index contributed by atoms with van der Waals surface area (Å²) in [7, 11) is 0. The van der Waals surface area contributed by atoms with Gasteiger partial charge in [0.05, 0.1) is 4.47 Å². The summed E-state index contributed by atoms with van der Waals surface area (Å²) in [6.07, 6.45) is 0.255. The highest BCUT2D eigenvalue weighted by Gasteiger charge is 2.19. The first-order chi connectivity index (χ1) is 8.08. The molecule has 92 valence electrons. The highest BCUT2D eigenvalue weighted by Crippen LogP contribution is 2.38. The molecule has 0 saturated heterocycles. The first kappa shape index (κ1) is 12.2. The zero-order chi connectivity index (χ0) is 12.4. The van der Waals surface area contributed by atoms with E-state index in [1.807, 2.05) is 0 Å². The van der Waals surface area contributed by atoms with Gasteiger partial charge in [-0.1, -0.05) is 0 Å². The van der Waals surface area contributed by atoms with E-state index in [1.54, 1.807) is 12.1 Å². The van der Waals surface area contributed by atoms with Crippen molar-refractivity contribution in [2.45, 2.75) is 12.5 Å². The summed E-state index contributed by atoms with van der Waals surface area (Å²) in [5.74, 6) is 0.262. The van der Waals surface area contributed by atoms with Crippen LogP contribution in [0.4, 0.5) is 0 Å². The lowest BCUT2D eigenvalue weighted by Gasteiger charge is -2.20. The first-order valence-corrected chi connectivity index (χ1v) is 5.93. The molecule has 0 aliphatic carbocycles. The van der Waals surface area contributed by atoms with Crippen LogP contribution < -0.4 is 15.2 Å². The van der Waals surface area contributed by atoms with Crippen molar-refractivity contribution in [1.82, 2.24) is 0 Å². The number of carboxylic acid groups (broad SMARTS) is 1. The van der Waals surface area contributed by atoms with Crippen LogP contribution in [0.1, 0.15) is 5.56 Å². The van der Waals surface area contributed by atoms with Crippen molar-refractivity contribution in [2.24, 2.45) is 5.73 Å².